The topological polar surface area (TPSA) is 42.4 Å². The number of hydrogen-bond donors (Lipinski definition) is 0. The summed E-state index contributed by atoms with van der Waals surface area (Å²) in [5.41, 5.74) is 1.51. The van der Waals surface area contributed by atoms with Crippen molar-refractivity contribution in [3.63, 3.8) is 0 Å². The molecule has 1 aromatic carbocycles. The van der Waals surface area contributed by atoms with E-state index in [1.54, 1.807) is 22.4 Å². The van der Waals surface area contributed by atoms with Gasteiger partial charge in [0.15, 0.2) is 0 Å². The van der Waals surface area contributed by atoms with Crippen molar-refractivity contribution in [3.8, 4) is 0 Å². The van der Waals surface area contributed by atoms with Gasteiger partial charge in [-0.25, -0.2) is 9.37 Å². The fraction of sp³-hybridized carbons (Fsp3) is 0.375. The van der Waals surface area contributed by atoms with Gasteiger partial charge in [0.1, 0.15) is 11.5 Å². The predicted octanol–water partition coefficient (Wildman–Crippen LogP) is 2.67. The highest BCUT2D eigenvalue weighted by Gasteiger charge is 2.26. The van der Waals surface area contributed by atoms with E-state index in [1.165, 1.54) is 23.5 Å². The monoisotopic (exact) mass is 320 g/mol. The van der Waals surface area contributed by atoms with Gasteiger partial charge in [-0.3, -0.25) is 4.79 Å². The summed E-state index contributed by atoms with van der Waals surface area (Å²) >= 11 is 1.48. The number of amides is 1. The Morgan fingerprint density at radius 2 is 2.23 bits per heavy atom. The van der Waals surface area contributed by atoms with Crippen LogP contribution in [0.3, 0.4) is 0 Å². The second-order valence-electron chi connectivity index (χ2n) is 5.33. The third-order valence-electron chi connectivity index (χ3n) is 3.64. The fourth-order valence-corrected chi connectivity index (χ4v) is 3.12. The molecular weight excluding hydrogens is 303 g/mol. The van der Waals surface area contributed by atoms with Crippen molar-refractivity contribution >= 4 is 17.2 Å². The minimum Gasteiger partial charge on any atom is -0.374 e. The first-order valence-electron chi connectivity index (χ1n) is 7.19. The third kappa shape index (κ3) is 3.51. The summed E-state index contributed by atoms with van der Waals surface area (Å²) in [6.45, 7) is 3.51. The molecule has 0 aliphatic carbocycles. The Morgan fingerprint density at radius 3 is 2.91 bits per heavy atom. The van der Waals surface area contributed by atoms with Crippen LogP contribution in [0, 0.1) is 12.7 Å². The Balaban J connectivity index is 1.63. The molecule has 0 bridgehead atoms. The standard InChI is InChI=1S/C16H17FN2O2S/c1-11-18-15(10-22-11)16(20)19-6-7-21-14(9-19)8-12-2-4-13(17)5-3-12/h2-5,10,14H,6-9H2,1H3/t14-/m1/s1. The second-order valence-corrected chi connectivity index (χ2v) is 6.39. The molecule has 1 aliphatic rings. The molecule has 2 aromatic rings. The molecule has 4 nitrogen and oxygen atoms in total. The van der Waals surface area contributed by atoms with E-state index in [0.29, 0.717) is 31.8 Å². The van der Waals surface area contributed by atoms with Crippen molar-refractivity contribution in [1.82, 2.24) is 9.88 Å². The number of halogens is 1. The molecule has 1 saturated heterocycles. The lowest BCUT2D eigenvalue weighted by Gasteiger charge is -2.32. The number of aromatic nitrogens is 1. The number of benzene rings is 1. The van der Waals surface area contributed by atoms with E-state index in [9.17, 15) is 9.18 Å². The smallest absolute Gasteiger partial charge is 0.273 e. The molecule has 1 aliphatic heterocycles. The Kier molecular flexibility index (Phi) is 4.49. The molecule has 6 heteroatoms. The number of carbonyl (C=O) groups excluding carboxylic acids is 1. The molecule has 3 rings (SSSR count). The molecule has 1 atom stereocenters. The van der Waals surface area contributed by atoms with E-state index in [1.807, 2.05) is 6.92 Å². The van der Waals surface area contributed by atoms with Gasteiger partial charge >= 0.3 is 0 Å². The number of rotatable bonds is 3. The van der Waals surface area contributed by atoms with Crippen molar-refractivity contribution in [2.75, 3.05) is 19.7 Å². The zero-order chi connectivity index (χ0) is 15.5. The highest BCUT2D eigenvalue weighted by molar-refractivity contribution is 7.09. The number of thiazole rings is 1. The van der Waals surface area contributed by atoms with Gasteiger partial charge in [0, 0.05) is 24.9 Å². The van der Waals surface area contributed by atoms with Crippen LogP contribution in [0.25, 0.3) is 0 Å². The number of hydrogen-bond acceptors (Lipinski definition) is 4. The SMILES string of the molecule is Cc1nc(C(=O)N2CCO[C@H](Cc3ccc(F)cc3)C2)cs1. The first-order valence-corrected chi connectivity index (χ1v) is 8.07. The third-order valence-corrected chi connectivity index (χ3v) is 4.41. The van der Waals surface area contributed by atoms with Gasteiger partial charge in [-0.2, -0.15) is 0 Å². The van der Waals surface area contributed by atoms with Gasteiger partial charge in [-0.15, -0.1) is 11.3 Å². The Hall–Kier alpha value is -1.79. The summed E-state index contributed by atoms with van der Waals surface area (Å²) in [7, 11) is 0. The minimum atomic E-state index is -0.246. The zero-order valence-electron chi connectivity index (χ0n) is 12.3. The van der Waals surface area contributed by atoms with Crippen molar-refractivity contribution in [2.45, 2.75) is 19.4 Å². The van der Waals surface area contributed by atoms with Gasteiger partial charge in [0.25, 0.3) is 5.91 Å². The lowest BCUT2D eigenvalue weighted by Crippen LogP contribution is -2.46. The van der Waals surface area contributed by atoms with Crippen LogP contribution in [0.15, 0.2) is 29.6 Å². The number of morpholine rings is 1. The van der Waals surface area contributed by atoms with Crippen LogP contribution in [-0.2, 0) is 11.2 Å². The first kappa shape index (κ1) is 15.1. The van der Waals surface area contributed by atoms with E-state index in [2.05, 4.69) is 4.98 Å². The van der Waals surface area contributed by atoms with Gasteiger partial charge in [-0.1, -0.05) is 12.1 Å². The zero-order valence-corrected chi connectivity index (χ0v) is 13.1. The summed E-state index contributed by atoms with van der Waals surface area (Å²) in [6.07, 6.45) is 0.600. The lowest BCUT2D eigenvalue weighted by atomic mass is 10.1. The maximum atomic E-state index is 12.9. The van der Waals surface area contributed by atoms with E-state index in [4.69, 9.17) is 4.74 Å². The summed E-state index contributed by atoms with van der Waals surface area (Å²) in [5.74, 6) is -0.291. The maximum Gasteiger partial charge on any atom is 0.273 e. The van der Waals surface area contributed by atoms with Crippen LogP contribution in [0.2, 0.25) is 0 Å². The molecule has 0 saturated carbocycles. The second kappa shape index (κ2) is 6.54. The molecule has 22 heavy (non-hydrogen) atoms. The lowest BCUT2D eigenvalue weighted by molar-refractivity contribution is -0.0209. The van der Waals surface area contributed by atoms with Crippen molar-refractivity contribution < 1.29 is 13.9 Å². The van der Waals surface area contributed by atoms with E-state index in [-0.39, 0.29) is 17.8 Å². The quantitative estimate of drug-likeness (QED) is 0.873. The molecule has 1 amide bonds. The number of ether oxygens (including phenoxy) is 1. The van der Waals surface area contributed by atoms with Gasteiger partial charge in [0.2, 0.25) is 0 Å². The molecule has 0 unspecified atom stereocenters. The Morgan fingerprint density at radius 1 is 1.45 bits per heavy atom. The van der Waals surface area contributed by atoms with Crippen molar-refractivity contribution in [2.24, 2.45) is 0 Å². The molecule has 1 fully saturated rings. The van der Waals surface area contributed by atoms with E-state index in [0.717, 1.165) is 10.6 Å². The van der Waals surface area contributed by atoms with Crippen LogP contribution in [0.4, 0.5) is 4.39 Å². The van der Waals surface area contributed by atoms with Crippen LogP contribution in [0.1, 0.15) is 21.1 Å². The van der Waals surface area contributed by atoms with E-state index >= 15 is 0 Å². The summed E-state index contributed by atoms with van der Waals surface area (Å²) in [4.78, 5) is 18.5. The minimum absolute atomic E-state index is 0.0447. The van der Waals surface area contributed by atoms with Gasteiger partial charge in [-0.05, 0) is 24.6 Å². The highest BCUT2D eigenvalue weighted by Crippen LogP contribution is 2.16. The average Bonchev–Trinajstić information content (AvgIpc) is 2.96. The number of aryl methyl sites for hydroxylation is 1. The molecule has 116 valence electrons. The maximum absolute atomic E-state index is 12.9. The van der Waals surface area contributed by atoms with Gasteiger partial charge < -0.3 is 9.64 Å². The molecular formula is C16H17FN2O2S. The van der Waals surface area contributed by atoms with Gasteiger partial charge in [0.05, 0.1) is 17.7 Å². The predicted molar refractivity (Wildman–Crippen MR) is 82.6 cm³/mol. The van der Waals surface area contributed by atoms with E-state index < -0.39 is 0 Å². The van der Waals surface area contributed by atoms with Crippen LogP contribution in [-0.4, -0.2) is 41.6 Å². The average molecular weight is 320 g/mol. The van der Waals surface area contributed by atoms with Crippen LogP contribution in [0.5, 0.6) is 0 Å². The summed E-state index contributed by atoms with van der Waals surface area (Å²) in [5, 5.41) is 2.68. The molecule has 2 heterocycles. The molecule has 0 spiro atoms. The fourth-order valence-electron chi connectivity index (χ4n) is 2.53. The summed E-state index contributed by atoms with van der Waals surface area (Å²) < 4.78 is 18.7. The largest absolute Gasteiger partial charge is 0.374 e. The number of nitrogens with zero attached hydrogens (tertiary/aromatic N) is 2. The highest BCUT2D eigenvalue weighted by atomic mass is 32.1. The number of carbonyl (C=O) groups is 1. The molecule has 1 aromatic heterocycles. The first-order chi connectivity index (χ1) is 10.6. The molecule has 0 radical (unpaired) electrons. The Labute approximate surface area is 132 Å². The van der Waals surface area contributed by atoms with Crippen LogP contribution < -0.4 is 0 Å². The van der Waals surface area contributed by atoms with Crippen molar-refractivity contribution in [3.05, 3.63) is 51.7 Å². The van der Waals surface area contributed by atoms with Crippen LogP contribution >= 0.6 is 11.3 Å². The van der Waals surface area contributed by atoms with Crippen molar-refractivity contribution in [1.29, 1.82) is 0 Å². The normalized spacial score (nSPS) is 18.5. The summed E-state index contributed by atoms with van der Waals surface area (Å²) in [6, 6.07) is 6.39. The Bertz CT molecular complexity index is 656. The molecule has 0 N–H and O–H groups in total.